The van der Waals surface area contributed by atoms with Crippen molar-refractivity contribution in [2.24, 2.45) is 5.92 Å². The Balaban J connectivity index is 2.97. The molecule has 116 valence electrons. The Labute approximate surface area is 127 Å². The van der Waals surface area contributed by atoms with Crippen molar-refractivity contribution in [2.45, 2.75) is 40.2 Å². The molecule has 0 aliphatic carbocycles. The summed E-state index contributed by atoms with van der Waals surface area (Å²) in [5.41, 5.74) is 0.294. The number of anilines is 1. The monoisotopic (exact) mass is 312 g/mol. The molecule has 21 heavy (non-hydrogen) atoms. The van der Waals surface area contributed by atoms with Crippen LogP contribution in [0, 0.1) is 12.8 Å². The lowest BCUT2D eigenvalue weighted by Gasteiger charge is -2.20. The van der Waals surface area contributed by atoms with E-state index in [0.717, 1.165) is 4.88 Å². The Morgan fingerprint density at radius 2 is 2.00 bits per heavy atom. The van der Waals surface area contributed by atoms with Crippen molar-refractivity contribution < 1.29 is 19.5 Å². The van der Waals surface area contributed by atoms with E-state index in [1.807, 2.05) is 13.8 Å². The summed E-state index contributed by atoms with van der Waals surface area (Å²) >= 11 is 1.28. The van der Waals surface area contributed by atoms with Gasteiger partial charge in [0.05, 0.1) is 5.56 Å². The molecule has 1 aromatic heterocycles. The van der Waals surface area contributed by atoms with E-state index in [1.165, 1.54) is 18.3 Å². The van der Waals surface area contributed by atoms with Crippen LogP contribution in [0.2, 0.25) is 0 Å². The Hall–Kier alpha value is -1.89. The molecular formula is C14H20N2O4S. The van der Waals surface area contributed by atoms with Crippen LogP contribution in [0.1, 0.15) is 42.4 Å². The van der Waals surface area contributed by atoms with Gasteiger partial charge in [-0.05, 0) is 18.9 Å². The number of carboxylic acids is 1. The zero-order valence-electron chi connectivity index (χ0n) is 12.5. The summed E-state index contributed by atoms with van der Waals surface area (Å²) in [6.07, 6.45) is 0.637. The highest BCUT2D eigenvalue weighted by molar-refractivity contribution is 7.16. The largest absolute Gasteiger partial charge is 0.480 e. The lowest BCUT2D eigenvalue weighted by atomic mass is 9.99. The predicted molar refractivity (Wildman–Crippen MR) is 81.7 cm³/mol. The van der Waals surface area contributed by atoms with Gasteiger partial charge in [-0.15, -0.1) is 11.3 Å². The van der Waals surface area contributed by atoms with E-state index in [4.69, 9.17) is 0 Å². The summed E-state index contributed by atoms with van der Waals surface area (Å²) in [5, 5.41) is 14.8. The molecule has 1 heterocycles. The molecule has 0 aromatic carbocycles. The number of aryl methyl sites for hydroxylation is 1. The van der Waals surface area contributed by atoms with Crippen molar-refractivity contribution in [1.82, 2.24) is 5.32 Å². The van der Waals surface area contributed by atoms with Crippen molar-refractivity contribution in [1.29, 1.82) is 0 Å². The van der Waals surface area contributed by atoms with Gasteiger partial charge in [-0.25, -0.2) is 4.79 Å². The molecule has 0 fully saturated rings. The van der Waals surface area contributed by atoms with Crippen molar-refractivity contribution in [2.75, 3.05) is 5.32 Å². The molecule has 2 atom stereocenters. The third-order valence-corrected chi connectivity index (χ3v) is 4.12. The number of hydrogen-bond donors (Lipinski definition) is 3. The molecule has 3 N–H and O–H groups in total. The highest BCUT2D eigenvalue weighted by Gasteiger charge is 2.27. The molecule has 7 heteroatoms. The molecule has 0 aliphatic rings. The summed E-state index contributed by atoms with van der Waals surface area (Å²) < 4.78 is 0. The van der Waals surface area contributed by atoms with Crippen LogP contribution < -0.4 is 10.6 Å². The number of carbonyl (C=O) groups is 3. The molecule has 0 radical (unpaired) electrons. The first-order chi connectivity index (χ1) is 9.76. The summed E-state index contributed by atoms with van der Waals surface area (Å²) in [4.78, 5) is 35.5. The van der Waals surface area contributed by atoms with E-state index in [-0.39, 0.29) is 11.8 Å². The van der Waals surface area contributed by atoms with Crippen LogP contribution in [0.5, 0.6) is 0 Å². The Morgan fingerprint density at radius 3 is 2.48 bits per heavy atom. The van der Waals surface area contributed by atoms with E-state index >= 15 is 0 Å². The van der Waals surface area contributed by atoms with Gasteiger partial charge >= 0.3 is 5.97 Å². The summed E-state index contributed by atoms with van der Waals surface area (Å²) in [6.45, 7) is 6.81. The van der Waals surface area contributed by atoms with Gasteiger partial charge in [-0.2, -0.15) is 0 Å². The van der Waals surface area contributed by atoms with Gasteiger partial charge in [0.1, 0.15) is 11.0 Å². The standard InChI is InChI=1S/C14H20N2O4S/c1-5-7(2)11(14(19)20)16-12(18)10-6-8(3)21-13(10)15-9(4)17/h6-7,11H,5H2,1-4H3,(H,15,17)(H,16,18)(H,19,20). The fraction of sp³-hybridized carbons (Fsp3) is 0.500. The van der Waals surface area contributed by atoms with Gasteiger partial charge in [0.2, 0.25) is 5.91 Å². The molecule has 0 saturated carbocycles. The molecule has 2 amide bonds. The zero-order chi connectivity index (χ0) is 16.2. The second-order valence-corrected chi connectivity index (χ2v) is 6.21. The van der Waals surface area contributed by atoms with Gasteiger partial charge in [-0.1, -0.05) is 20.3 Å². The lowest BCUT2D eigenvalue weighted by Crippen LogP contribution is -2.45. The maximum Gasteiger partial charge on any atom is 0.326 e. The Kier molecular flexibility index (Phi) is 5.90. The molecule has 1 aromatic rings. The minimum atomic E-state index is -1.06. The molecular weight excluding hydrogens is 292 g/mol. The first-order valence-corrected chi connectivity index (χ1v) is 7.49. The van der Waals surface area contributed by atoms with Gasteiger partial charge in [0.25, 0.3) is 5.91 Å². The molecule has 0 spiro atoms. The molecule has 0 saturated heterocycles. The first-order valence-electron chi connectivity index (χ1n) is 6.67. The van der Waals surface area contributed by atoms with Crippen LogP contribution in [-0.2, 0) is 9.59 Å². The zero-order valence-corrected chi connectivity index (χ0v) is 13.3. The fourth-order valence-electron chi connectivity index (χ4n) is 1.84. The van der Waals surface area contributed by atoms with Crippen LogP contribution >= 0.6 is 11.3 Å². The number of rotatable bonds is 6. The first kappa shape index (κ1) is 17.2. The molecule has 0 aliphatic heterocycles. The number of nitrogens with one attached hydrogen (secondary N) is 2. The van der Waals surface area contributed by atoms with Crippen molar-refractivity contribution in [3.8, 4) is 0 Å². The van der Waals surface area contributed by atoms with Crippen molar-refractivity contribution in [3.63, 3.8) is 0 Å². The van der Waals surface area contributed by atoms with E-state index in [2.05, 4.69) is 10.6 Å². The van der Waals surface area contributed by atoms with E-state index < -0.39 is 17.9 Å². The number of hydrogen-bond acceptors (Lipinski definition) is 4. The van der Waals surface area contributed by atoms with E-state index in [9.17, 15) is 19.5 Å². The molecule has 1 rings (SSSR count). The van der Waals surface area contributed by atoms with E-state index in [1.54, 1.807) is 13.0 Å². The summed E-state index contributed by atoms with van der Waals surface area (Å²) in [5.74, 6) is -2.01. The minimum absolute atomic E-state index is 0.185. The Morgan fingerprint density at radius 1 is 1.38 bits per heavy atom. The number of amides is 2. The number of carboxylic acid groups (broad SMARTS) is 1. The van der Waals surface area contributed by atoms with Crippen LogP contribution in [0.3, 0.4) is 0 Å². The van der Waals surface area contributed by atoms with Crippen LogP contribution in [0.4, 0.5) is 5.00 Å². The van der Waals surface area contributed by atoms with Crippen LogP contribution in [0.15, 0.2) is 6.07 Å². The maximum atomic E-state index is 12.3. The number of thiophene rings is 1. The van der Waals surface area contributed by atoms with Crippen LogP contribution in [0.25, 0.3) is 0 Å². The SMILES string of the molecule is CCC(C)C(NC(=O)c1cc(C)sc1NC(C)=O)C(=O)O. The summed E-state index contributed by atoms with van der Waals surface area (Å²) in [7, 11) is 0. The highest BCUT2D eigenvalue weighted by atomic mass is 32.1. The molecule has 6 nitrogen and oxygen atoms in total. The Bertz CT molecular complexity index is 553. The number of carbonyl (C=O) groups excluding carboxylic acids is 2. The van der Waals surface area contributed by atoms with Crippen molar-refractivity contribution in [3.05, 3.63) is 16.5 Å². The third kappa shape index (κ3) is 4.56. The van der Waals surface area contributed by atoms with Gasteiger partial charge in [0, 0.05) is 11.8 Å². The maximum absolute atomic E-state index is 12.3. The fourth-order valence-corrected chi connectivity index (χ4v) is 2.79. The predicted octanol–water partition coefficient (Wildman–Crippen LogP) is 2.24. The van der Waals surface area contributed by atoms with Gasteiger partial charge in [-0.3, -0.25) is 9.59 Å². The normalized spacial score (nSPS) is 13.3. The van der Waals surface area contributed by atoms with Crippen molar-refractivity contribution >= 4 is 34.1 Å². The smallest absolute Gasteiger partial charge is 0.326 e. The van der Waals surface area contributed by atoms with Gasteiger partial charge in [0.15, 0.2) is 0 Å². The van der Waals surface area contributed by atoms with Gasteiger partial charge < -0.3 is 15.7 Å². The average Bonchev–Trinajstić information content (AvgIpc) is 2.74. The highest BCUT2D eigenvalue weighted by Crippen LogP contribution is 2.27. The second-order valence-electron chi connectivity index (χ2n) is 4.96. The number of aliphatic carboxylic acids is 1. The van der Waals surface area contributed by atoms with Crippen LogP contribution in [-0.4, -0.2) is 28.9 Å². The average molecular weight is 312 g/mol. The quantitative estimate of drug-likeness (QED) is 0.750. The van der Waals surface area contributed by atoms with E-state index in [0.29, 0.717) is 17.0 Å². The molecule has 0 bridgehead atoms. The third-order valence-electron chi connectivity index (χ3n) is 3.16. The second kappa shape index (κ2) is 7.21. The minimum Gasteiger partial charge on any atom is -0.480 e. The lowest BCUT2D eigenvalue weighted by molar-refractivity contribution is -0.140. The molecule has 2 unspecified atom stereocenters. The summed E-state index contributed by atoms with van der Waals surface area (Å²) in [6, 6.07) is 0.689. The topological polar surface area (TPSA) is 95.5 Å².